The van der Waals surface area contributed by atoms with Crippen LogP contribution in [0.15, 0.2) is 0 Å². The highest BCUT2D eigenvalue weighted by Gasteiger charge is 2.20. The van der Waals surface area contributed by atoms with E-state index < -0.39 is 0 Å². The minimum Gasteiger partial charge on any atom is -0.384 e. The lowest BCUT2D eigenvalue weighted by atomic mass is 9.81. The van der Waals surface area contributed by atoms with Crippen molar-refractivity contribution in [2.75, 3.05) is 13.7 Å². The summed E-state index contributed by atoms with van der Waals surface area (Å²) < 4.78 is 5.15. The number of ether oxygens (including phenoxy) is 1. The van der Waals surface area contributed by atoms with Gasteiger partial charge in [-0.3, -0.25) is 0 Å². The summed E-state index contributed by atoms with van der Waals surface area (Å²) in [4.78, 5) is 0. The average Bonchev–Trinajstić information content (AvgIpc) is 1.94. The summed E-state index contributed by atoms with van der Waals surface area (Å²) in [6, 6.07) is 0. The number of methoxy groups -OCH3 is 1. The quantitative estimate of drug-likeness (QED) is 0.575. The van der Waals surface area contributed by atoms with Gasteiger partial charge in [-0.1, -0.05) is 26.2 Å². The molecular formula is C9H18O. The molecule has 0 aliphatic heterocycles. The maximum Gasteiger partial charge on any atom is 0.0493 e. The van der Waals surface area contributed by atoms with Crippen molar-refractivity contribution >= 4 is 0 Å². The molecule has 0 aromatic heterocycles. The van der Waals surface area contributed by atoms with Crippen molar-refractivity contribution in [1.82, 2.24) is 0 Å². The van der Waals surface area contributed by atoms with Crippen LogP contribution in [0.1, 0.15) is 32.6 Å². The Labute approximate surface area is 63.8 Å². The third-order valence-electron chi connectivity index (χ3n) is 2.67. The SMILES string of the molecule is COCC1CCCCC1C. The smallest absolute Gasteiger partial charge is 0.0493 e. The first-order valence-electron chi connectivity index (χ1n) is 4.33. The van der Waals surface area contributed by atoms with Crippen LogP contribution in [0.3, 0.4) is 0 Å². The van der Waals surface area contributed by atoms with Crippen LogP contribution in [0.4, 0.5) is 0 Å². The highest BCUT2D eigenvalue weighted by atomic mass is 16.5. The molecule has 1 aliphatic rings. The predicted octanol–water partition coefficient (Wildman–Crippen LogP) is 2.46. The summed E-state index contributed by atoms with van der Waals surface area (Å²) in [7, 11) is 1.81. The highest BCUT2D eigenvalue weighted by molar-refractivity contribution is 4.71. The van der Waals surface area contributed by atoms with E-state index in [2.05, 4.69) is 6.92 Å². The maximum atomic E-state index is 5.15. The van der Waals surface area contributed by atoms with E-state index in [-0.39, 0.29) is 0 Å². The van der Waals surface area contributed by atoms with Gasteiger partial charge >= 0.3 is 0 Å². The molecule has 1 heteroatoms. The van der Waals surface area contributed by atoms with E-state index in [4.69, 9.17) is 4.74 Å². The Hall–Kier alpha value is -0.0400. The summed E-state index contributed by atoms with van der Waals surface area (Å²) in [5, 5.41) is 0. The zero-order chi connectivity index (χ0) is 7.40. The Kier molecular flexibility index (Phi) is 3.20. The van der Waals surface area contributed by atoms with Crippen molar-refractivity contribution in [3.05, 3.63) is 0 Å². The van der Waals surface area contributed by atoms with Crippen LogP contribution in [-0.4, -0.2) is 13.7 Å². The highest BCUT2D eigenvalue weighted by Crippen LogP contribution is 2.29. The molecule has 0 aromatic rings. The number of rotatable bonds is 2. The molecule has 2 atom stereocenters. The molecule has 0 N–H and O–H groups in total. The summed E-state index contributed by atoms with van der Waals surface area (Å²) in [6.45, 7) is 3.32. The normalized spacial score (nSPS) is 34.2. The minimum atomic E-state index is 0.846. The molecule has 1 rings (SSSR count). The fourth-order valence-corrected chi connectivity index (χ4v) is 1.85. The second kappa shape index (κ2) is 3.97. The first-order valence-corrected chi connectivity index (χ1v) is 4.33. The third kappa shape index (κ3) is 1.98. The summed E-state index contributed by atoms with van der Waals surface area (Å²) in [5.41, 5.74) is 0. The van der Waals surface area contributed by atoms with Crippen LogP contribution in [0.5, 0.6) is 0 Å². The molecule has 0 amide bonds. The standard InChI is InChI=1S/C9H18O/c1-8-5-3-4-6-9(8)7-10-2/h8-9H,3-7H2,1-2H3. The first-order chi connectivity index (χ1) is 4.84. The van der Waals surface area contributed by atoms with E-state index in [9.17, 15) is 0 Å². The molecule has 0 aromatic carbocycles. The molecule has 1 fully saturated rings. The van der Waals surface area contributed by atoms with Gasteiger partial charge in [0.1, 0.15) is 0 Å². The van der Waals surface area contributed by atoms with E-state index in [0.29, 0.717) is 0 Å². The maximum absolute atomic E-state index is 5.15. The zero-order valence-electron chi connectivity index (χ0n) is 7.10. The van der Waals surface area contributed by atoms with Gasteiger partial charge in [-0.15, -0.1) is 0 Å². The molecular weight excluding hydrogens is 124 g/mol. The van der Waals surface area contributed by atoms with Gasteiger partial charge in [0.15, 0.2) is 0 Å². The van der Waals surface area contributed by atoms with Crippen molar-refractivity contribution in [3.8, 4) is 0 Å². The Morgan fingerprint density at radius 1 is 1.30 bits per heavy atom. The molecule has 0 heterocycles. The Balaban J connectivity index is 2.25. The van der Waals surface area contributed by atoms with Gasteiger partial charge in [-0.25, -0.2) is 0 Å². The molecule has 1 nitrogen and oxygen atoms in total. The second-order valence-corrected chi connectivity index (χ2v) is 3.48. The third-order valence-corrected chi connectivity index (χ3v) is 2.67. The summed E-state index contributed by atoms with van der Waals surface area (Å²) >= 11 is 0. The molecule has 1 saturated carbocycles. The fraction of sp³-hybridized carbons (Fsp3) is 1.00. The topological polar surface area (TPSA) is 9.23 Å². The van der Waals surface area contributed by atoms with Crippen LogP contribution in [0.25, 0.3) is 0 Å². The molecule has 0 spiro atoms. The number of hydrogen-bond acceptors (Lipinski definition) is 1. The van der Waals surface area contributed by atoms with E-state index >= 15 is 0 Å². The van der Waals surface area contributed by atoms with Gasteiger partial charge in [0.2, 0.25) is 0 Å². The average molecular weight is 142 g/mol. The Bertz CT molecular complexity index is 88.7. The molecule has 0 radical (unpaired) electrons. The molecule has 0 saturated heterocycles. The van der Waals surface area contributed by atoms with Crippen LogP contribution in [0, 0.1) is 11.8 Å². The molecule has 1 aliphatic carbocycles. The lowest BCUT2D eigenvalue weighted by Gasteiger charge is -2.27. The van der Waals surface area contributed by atoms with Gasteiger partial charge < -0.3 is 4.74 Å². The van der Waals surface area contributed by atoms with Crippen LogP contribution in [-0.2, 0) is 4.74 Å². The molecule has 10 heavy (non-hydrogen) atoms. The van der Waals surface area contributed by atoms with Gasteiger partial charge in [-0.05, 0) is 18.3 Å². The van der Waals surface area contributed by atoms with Gasteiger partial charge in [0.25, 0.3) is 0 Å². The number of hydrogen-bond donors (Lipinski definition) is 0. The largest absolute Gasteiger partial charge is 0.384 e. The van der Waals surface area contributed by atoms with Crippen molar-refractivity contribution in [3.63, 3.8) is 0 Å². The van der Waals surface area contributed by atoms with E-state index in [1.165, 1.54) is 25.7 Å². The van der Waals surface area contributed by atoms with Gasteiger partial charge in [0.05, 0.1) is 0 Å². The van der Waals surface area contributed by atoms with Gasteiger partial charge in [0, 0.05) is 13.7 Å². The Morgan fingerprint density at radius 3 is 2.60 bits per heavy atom. The van der Waals surface area contributed by atoms with Crippen molar-refractivity contribution in [1.29, 1.82) is 0 Å². The summed E-state index contributed by atoms with van der Waals surface area (Å²) in [5.74, 6) is 1.74. The molecule has 60 valence electrons. The van der Waals surface area contributed by atoms with Crippen LogP contribution in [0.2, 0.25) is 0 Å². The van der Waals surface area contributed by atoms with Crippen molar-refractivity contribution < 1.29 is 4.74 Å². The second-order valence-electron chi connectivity index (χ2n) is 3.48. The van der Waals surface area contributed by atoms with E-state index in [1.54, 1.807) is 7.11 Å². The van der Waals surface area contributed by atoms with E-state index in [0.717, 1.165) is 18.4 Å². The predicted molar refractivity (Wildman–Crippen MR) is 43.0 cm³/mol. The summed E-state index contributed by atoms with van der Waals surface area (Å²) in [6.07, 6.45) is 5.64. The first kappa shape index (κ1) is 8.06. The zero-order valence-corrected chi connectivity index (χ0v) is 7.10. The Morgan fingerprint density at radius 2 is 2.00 bits per heavy atom. The van der Waals surface area contributed by atoms with Crippen LogP contribution < -0.4 is 0 Å². The lowest BCUT2D eigenvalue weighted by Crippen LogP contribution is -2.20. The van der Waals surface area contributed by atoms with Crippen molar-refractivity contribution in [2.45, 2.75) is 32.6 Å². The lowest BCUT2D eigenvalue weighted by molar-refractivity contribution is 0.101. The monoisotopic (exact) mass is 142 g/mol. The minimum absolute atomic E-state index is 0.846. The fourth-order valence-electron chi connectivity index (χ4n) is 1.85. The molecule has 2 unspecified atom stereocenters. The van der Waals surface area contributed by atoms with E-state index in [1.807, 2.05) is 0 Å². The van der Waals surface area contributed by atoms with Crippen molar-refractivity contribution in [2.24, 2.45) is 11.8 Å². The van der Waals surface area contributed by atoms with Crippen LogP contribution >= 0.6 is 0 Å². The molecule has 0 bridgehead atoms. The van der Waals surface area contributed by atoms with Gasteiger partial charge in [-0.2, -0.15) is 0 Å².